The van der Waals surface area contributed by atoms with E-state index in [0.29, 0.717) is 34.7 Å². The molecule has 2 aliphatic carbocycles. The number of nitriles is 1. The fourth-order valence-electron chi connectivity index (χ4n) is 8.85. The zero-order valence-corrected chi connectivity index (χ0v) is 27.1. The van der Waals surface area contributed by atoms with E-state index in [1.54, 1.807) is 11.3 Å². The Balaban J connectivity index is 1.21. The normalized spacial score (nSPS) is 23.4. The molecule has 3 unspecified atom stereocenters. The third-order valence-corrected chi connectivity index (χ3v) is 12.1. The fourth-order valence-corrected chi connectivity index (χ4v) is 10.0. The number of hydrogen-bond acceptors (Lipinski definition) is 11. The van der Waals surface area contributed by atoms with Crippen LogP contribution in [0, 0.1) is 11.3 Å². The van der Waals surface area contributed by atoms with Gasteiger partial charge < -0.3 is 20.1 Å². The molecule has 236 valence electrons. The molecule has 5 aromatic heterocycles. The minimum absolute atomic E-state index is 0.145. The Morgan fingerprint density at radius 2 is 2.00 bits per heavy atom. The molecule has 0 bridgehead atoms. The summed E-state index contributed by atoms with van der Waals surface area (Å²) in [5.74, 6) is 2.30. The summed E-state index contributed by atoms with van der Waals surface area (Å²) in [5, 5.41) is 25.9. The first kappa shape index (κ1) is 28.0. The van der Waals surface area contributed by atoms with Gasteiger partial charge in [-0.3, -0.25) is 4.68 Å². The predicted molar refractivity (Wildman–Crippen MR) is 175 cm³/mol. The van der Waals surface area contributed by atoms with Crippen molar-refractivity contribution in [2.24, 2.45) is 0 Å². The van der Waals surface area contributed by atoms with E-state index in [-0.39, 0.29) is 6.04 Å². The number of nitrogens with two attached hydrogens (primary N) is 1. The average Bonchev–Trinajstić information content (AvgIpc) is 3.90. The highest BCUT2D eigenvalue weighted by Crippen LogP contribution is 2.55. The van der Waals surface area contributed by atoms with E-state index >= 15 is 0 Å². The second-order valence-corrected chi connectivity index (χ2v) is 14.6. The number of likely N-dealkylation sites (N-methyl/N-ethyl adjacent to an activating group) is 1. The van der Waals surface area contributed by atoms with Crippen LogP contribution in [-0.4, -0.2) is 65.8 Å². The third-order valence-electron chi connectivity index (χ3n) is 11.1. The molecule has 1 saturated heterocycles. The van der Waals surface area contributed by atoms with Gasteiger partial charge in [0.25, 0.3) is 0 Å². The van der Waals surface area contributed by atoms with Gasteiger partial charge in [0, 0.05) is 29.2 Å². The van der Waals surface area contributed by atoms with Crippen molar-refractivity contribution in [1.29, 1.82) is 5.26 Å². The summed E-state index contributed by atoms with van der Waals surface area (Å²) in [4.78, 5) is 16.5. The van der Waals surface area contributed by atoms with Crippen molar-refractivity contribution in [3.8, 4) is 17.6 Å². The zero-order valence-electron chi connectivity index (χ0n) is 26.2. The van der Waals surface area contributed by atoms with E-state index < -0.39 is 5.41 Å². The summed E-state index contributed by atoms with van der Waals surface area (Å²) >= 11 is 1.56. The van der Waals surface area contributed by atoms with Gasteiger partial charge in [0.15, 0.2) is 22.9 Å². The molecule has 2 N–H and O–H groups in total. The molecule has 13 heteroatoms. The Morgan fingerprint density at radius 1 is 1.13 bits per heavy atom. The lowest BCUT2D eigenvalue weighted by Crippen LogP contribution is -2.35. The van der Waals surface area contributed by atoms with Crippen LogP contribution in [0.5, 0.6) is 0 Å². The van der Waals surface area contributed by atoms with Crippen molar-refractivity contribution >= 4 is 33.2 Å². The highest BCUT2D eigenvalue weighted by Gasteiger charge is 2.49. The van der Waals surface area contributed by atoms with Gasteiger partial charge in [-0.05, 0) is 83.5 Å². The van der Waals surface area contributed by atoms with Gasteiger partial charge in [-0.15, -0.1) is 11.3 Å². The third kappa shape index (κ3) is 3.95. The Bertz CT molecular complexity index is 2030. The van der Waals surface area contributed by atoms with Gasteiger partial charge >= 0.3 is 0 Å². The van der Waals surface area contributed by atoms with Gasteiger partial charge in [-0.2, -0.15) is 15.5 Å². The second-order valence-electron chi connectivity index (χ2n) is 13.5. The van der Waals surface area contributed by atoms with Gasteiger partial charge in [0.2, 0.25) is 0 Å². The summed E-state index contributed by atoms with van der Waals surface area (Å²) < 4.78 is 10.5. The molecular weight excluding hydrogens is 599 g/mol. The molecule has 0 aromatic carbocycles. The Kier molecular flexibility index (Phi) is 6.31. The molecule has 0 amide bonds. The quantitative estimate of drug-likeness (QED) is 0.292. The minimum Gasteiger partial charge on any atom is -0.389 e. The van der Waals surface area contributed by atoms with Crippen LogP contribution in [-0.2, 0) is 31.3 Å². The number of thiophene rings is 1. The molecule has 1 fully saturated rings. The van der Waals surface area contributed by atoms with Crippen molar-refractivity contribution in [3.63, 3.8) is 0 Å². The maximum Gasteiger partial charge on any atom is 0.186 e. The maximum absolute atomic E-state index is 10.1. The molecule has 3 atom stereocenters. The summed E-state index contributed by atoms with van der Waals surface area (Å²) in [5.41, 5.74) is 11.4. The first-order valence-corrected chi connectivity index (χ1v) is 17.3. The van der Waals surface area contributed by atoms with Gasteiger partial charge in [-0.25, -0.2) is 14.6 Å². The number of nitrogen functional groups attached to an aromatic ring is 1. The Labute approximate surface area is 270 Å². The zero-order chi connectivity index (χ0) is 31.2. The largest absolute Gasteiger partial charge is 0.389 e. The minimum atomic E-state index is -0.396. The smallest absolute Gasteiger partial charge is 0.186 e. The maximum atomic E-state index is 10.1. The summed E-state index contributed by atoms with van der Waals surface area (Å²) in [6, 6.07) is 5.04. The predicted octanol–water partition coefficient (Wildman–Crippen LogP) is 4.83. The highest BCUT2D eigenvalue weighted by atomic mass is 32.1. The first-order valence-electron chi connectivity index (χ1n) is 16.5. The molecule has 7 heterocycles. The van der Waals surface area contributed by atoms with Crippen LogP contribution in [0.4, 0.5) is 10.8 Å². The number of nitrogens with zero attached hydrogens (tertiary/aromatic N) is 10. The van der Waals surface area contributed by atoms with Crippen molar-refractivity contribution in [3.05, 3.63) is 51.5 Å². The molecule has 2 aliphatic heterocycles. The number of likely N-dealkylation sites (tertiary alicyclic amines) is 1. The summed E-state index contributed by atoms with van der Waals surface area (Å²) in [7, 11) is 2.20. The van der Waals surface area contributed by atoms with E-state index in [0.717, 1.165) is 104 Å². The van der Waals surface area contributed by atoms with E-state index in [2.05, 4.69) is 50.4 Å². The number of aromatic nitrogens is 7. The van der Waals surface area contributed by atoms with Crippen LogP contribution in [0.25, 0.3) is 22.6 Å². The molecule has 0 saturated carbocycles. The molecule has 5 aromatic rings. The number of hydrogen-bond donors (Lipinski definition) is 1. The van der Waals surface area contributed by atoms with E-state index in [1.165, 1.54) is 11.3 Å². The van der Waals surface area contributed by atoms with Gasteiger partial charge in [-0.1, -0.05) is 5.16 Å². The molecule has 4 aliphatic rings. The number of aryl methyl sites for hydroxylation is 1. The Hall–Kier alpha value is -4.28. The van der Waals surface area contributed by atoms with Gasteiger partial charge in [0.05, 0.1) is 47.4 Å². The topological polar surface area (TPSA) is 144 Å². The molecule has 12 nitrogen and oxygen atoms in total. The van der Waals surface area contributed by atoms with Crippen LogP contribution in [0.3, 0.4) is 0 Å². The fraction of sp³-hybridized carbons (Fsp3) is 0.515. The van der Waals surface area contributed by atoms with Crippen LogP contribution in [0.2, 0.25) is 0 Å². The van der Waals surface area contributed by atoms with E-state index in [1.807, 2.05) is 12.4 Å². The number of rotatable bonds is 4. The lowest BCUT2D eigenvalue weighted by molar-refractivity contribution is 0.232. The lowest BCUT2D eigenvalue weighted by Gasteiger charge is -2.39. The molecule has 46 heavy (non-hydrogen) atoms. The van der Waals surface area contributed by atoms with E-state index in [4.69, 9.17) is 30.5 Å². The highest BCUT2D eigenvalue weighted by molar-refractivity contribution is 7.16. The van der Waals surface area contributed by atoms with Crippen LogP contribution in [0.1, 0.15) is 84.5 Å². The number of fused-ring (bicyclic) bond motifs is 6. The van der Waals surface area contributed by atoms with Crippen molar-refractivity contribution in [1.82, 2.24) is 39.6 Å². The van der Waals surface area contributed by atoms with Crippen molar-refractivity contribution < 1.29 is 4.52 Å². The lowest BCUT2D eigenvalue weighted by atomic mass is 9.63. The Morgan fingerprint density at radius 3 is 2.83 bits per heavy atom. The molecule has 1 spiro atoms. The molecule has 0 radical (unpaired) electrons. The van der Waals surface area contributed by atoms with Crippen LogP contribution < -0.4 is 10.6 Å². The molecular formula is C33H37N11OS. The van der Waals surface area contributed by atoms with Crippen LogP contribution in [0.15, 0.2) is 23.0 Å². The monoisotopic (exact) mass is 635 g/mol. The first-order chi connectivity index (χ1) is 22.5. The summed E-state index contributed by atoms with van der Waals surface area (Å²) in [6.45, 7) is 5.62. The molecule has 9 rings (SSSR count). The van der Waals surface area contributed by atoms with E-state index in [9.17, 15) is 5.26 Å². The van der Waals surface area contributed by atoms with Crippen molar-refractivity contribution in [2.75, 3.05) is 30.8 Å². The number of anilines is 2. The summed E-state index contributed by atoms with van der Waals surface area (Å²) in [6.07, 6.45) is 11.7. The standard InChI is InChI=1S/C33H37N11OS/c1-19(24-7-5-13-41(24)2)44-32-23(17-37-44)31(42-14-15-43-20(18-42)9-12-36-43)38-30(39-32)27-21-6-3-10-33(28(21)45-40-27)11-4-8-25-26(33)22(16-34)29(35)46-25/h9,12,17,19,24H,3-8,10-11,13-15,18,35H2,1-2H3. The van der Waals surface area contributed by atoms with Gasteiger partial charge in [0.1, 0.15) is 16.9 Å². The SMILES string of the molecule is CC(C1CCCN1C)n1ncc2c(N3CCn4nccc4C3)nc(-c3noc4c3CCCC43CCCc4sc(N)c(C#N)c43)nc21. The van der Waals surface area contributed by atoms with Crippen LogP contribution >= 0.6 is 11.3 Å². The van der Waals surface area contributed by atoms with Crippen molar-refractivity contribution in [2.45, 2.75) is 88.9 Å². The average molecular weight is 636 g/mol. The second kappa shape index (κ2) is 10.4.